The predicted molar refractivity (Wildman–Crippen MR) is 66.8 cm³/mol. The number of oxazole rings is 1. The van der Waals surface area contributed by atoms with Crippen molar-refractivity contribution in [2.75, 3.05) is 5.75 Å². The highest BCUT2D eigenvalue weighted by atomic mass is 32.2. The number of aryl methyl sites for hydroxylation is 2. The monoisotopic (exact) mass is 239 g/mol. The highest BCUT2D eigenvalue weighted by Crippen LogP contribution is 2.17. The lowest BCUT2D eigenvalue weighted by Gasteiger charge is -2.03. The van der Waals surface area contributed by atoms with Crippen LogP contribution in [0.4, 0.5) is 0 Å². The Morgan fingerprint density at radius 1 is 1.56 bits per heavy atom. The van der Waals surface area contributed by atoms with Crippen molar-refractivity contribution >= 4 is 16.9 Å². The van der Waals surface area contributed by atoms with Crippen LogP contribution in [0.15, 0.2) is 9.41 Å². The predicted octanol–water partition coefficient (Wildman–Crippen LogP) is 2.26. The van der Waals surface area contributed by atoms with Gasteiger partial charge in [-0.15, -0.1) is 0 Å². The normalized spacial score (nSPS) is 22.7. The molecule has 1 unspecified atom stereocenters. The van der Waals surface area contributed by atoms with Crippen molar-refractivity contribution in [1.29, 1.82) is 0 Å². The van der Waals surface area contributed by atoms with Gasteiger partial charge in [0, 0.05) is 11.8 Å². The topological polar surface area (TPSA) is 50.4 Å². The Kier molecular flexibility index (Phi) is 3.53. The van der Waals surface area contributed by atoms with Crippen molar-refractivity contribution < 1.29 is 4.42 Å². The first-order chi connectivity index (χ1) is 7.69. The van der Waals surface area contributed by atoms with Crippen LogP contribution in [0.1, 0.15) is 30.7 Å². The number of rotatable bonds is 3. The lowest BCUT2D eigenvalue weighted by Crippen LogP contribution is -2.25. The summed E-state index contributed by atoms with van der Waals surface area (Å²) in [6.45, 7) is 6.59. The zero-order valence-electron chi connectivity index (χ0n) is 9.91. The molecular weight excluding hydrogens is 222 g/mol. The van der Waals surface area contributed by atoms with Gasteiger partial charge in [0.25, 0.3) is 0 Å². The van der Waals surface area contributed by atoms with Crippen molar-refractivity contribution in [2.45, 2.75) is 39.8 Å². The lowest BCUT2D eigenvalue weighted by atomic mass is 10.3. The molecule has 1 atom stereocenters. The Morgan fingerprint density at radius 2 is 2.38 bits per heavy atom. The van der Waals surface area contributed by atoms with Crippen LogP contribution < -0.4 is 5.32 Å². The van der Waals surface area contributed by atoms with E-state index in [1.165, 1.54) is 0 Å². The van der Waals surface area contributed by atoms with Crippen LogP contribution in [0.3, 0.4) is 0 Å². The molecule has 0 bridgehead atoms. The molecule has 0 aromatic carbocycles. The average Bonchev–Trinajstić information content (AvgIpc) is 2.84. The summed E-state index contributed by atoms with van der Waals surface area (Å²) < 4.78 is 5.47. The zero-order chi connectivity index (χ0) is 11.5. The van der Waals surface area contributed by atoms with Crippen LogP contribution in [0.25, 0.3) is 0 Å². The van der Waals surface area contributed by atoms with Crippen LogP contribution >= 0.6 is 11.8 Å². The summed E-state index contributed by atoms with van der Waals surface area (Å²) in [7, 11) is 0. The lowest BCUT2D eigenvalue weighted by molar-refractivity contribution is 0.473. The molecule has 1 fully saturated rings. The molecule has 1 aliphatic rings. The summed E-state index contributed by atoms with van der Waals surface area (Å²) >= 11 is 1.77. The molecule has 2 heterocycles. The van der Waals surface area contributed by atoms with Gasteiger partial charge in [0.2, 0.25) is 5.89 Å². The molecule has 0 radical (unpaired) electrons. The largest absolute Gasteiger partial charge is 0.444 e. The molecule has 1 aliphatic heterocycles. The molecule has 4 nitrogen and oxygen atoms in total. The summed E-state index contributed by atoms with van der Waals surface area (Å²) in [5.74, 6) is 2.69. The summed E-state index contributed by atoms with van der Waals surface area (Å²) in [4.78, 5) is 8.76. The van der Waals surface area contributed by atoms with Crippen LogP contribution in [-0.4, -0.2) is 21.9 Å². The van der Waals surface area contributed by atoms with Gasteiger partial charge in [-0.1, -0.05) is 18.7 Å². The minimum Gasteiger partial charge on any atom is -0.444 e. The zero-order valence-corrected chi connectivity index (χ0v) is 10.7. The number of aliphatic imine (C=N–C) groups is 1. The molecule has 88 valence electrons. The molecule has 16 heavy (non-hydrogen) atoms. The molecule has 1 saturated heterocycles. The Morgan fingerprint density at radius 3 is 2.94 bits per heavy atom. The molecule has 2 rings (SSSR count). The first-order valence-electron chi connectivity index (χ1n) is 5.55. The molecule has 0 amide bonds. The average molecular weight is 239 g/mol. The van der Waals surface area contributed by atoms with Crippen molar-refractivity contribution in [1.82, 2.24) is 10.3 Å². The van der Waals surface area contributed by atoms with Crippen molar-refractivity contribution in [2.24, 2.45) is 4.99 Å². The van der Waals surface area contributed by atoms with Gasteiger partial charge in [0.1, 0.15) is 12.3 Å². The Hall–Kier alpha value is -0.970. The van der Waals surface area contributed by atoms with Gasteiger partial charge in [0.15, 0.2) is 5.17 Å². The standard InChI is InChI=1S/C11H17N3OS/c1-4-9-6-16-11(14-9)12-5-10-13-7(2)8(3)15-10/h9H,4-6H2,1-3H3,(H,12,14). The smallest absolute Gasteiger partial charge is 0.216 e. The van der Waals surface area contributed by atoms with Gasteiger partial charge in [-0.2, -0.15) is 0 Å². The van der Waals surface area contributed by atoms with Crippen LogP contribution in [0.5, 0.6) is 0 Å². The minimum absolute atomic E-state index is 0.528. The van der Waals surface area contributed by atoms with E-state index in [9.17, 15) is 0 Å². The summed E-state index contributed by atoms with van der Waals surface area (Å²) in [6.07, 6.45) is 1.14. The number of amidine groups is 1. The quantitative estimate of drug-likeness (QED) is 0.879. The summed E-state index contributed by atoms with van der Waals surface area (Å²) in [5, 5.41) is 4.39. The van der Waals surface area contributed by atoms with E-state index < -0.39 is 0 Å². The second-order valence-corrected chi connectivity index (χ2v) is 4.94. The molecule has 0 spiro atoms. The molecular formula is C11H17N3OS. The maximum Gasteiger partial charge on any atom is 0.216 e. The van der Waals surface area contributed by atoms with E-state index in [-0.39, 0.29) is 0 Å². The van der Waals surface area contributed by atoms with Gasteiger partial charge < -0.3 is 9.73 Å². The van der Waals surface area contributed by atoms with E-state index in [2.05, 4.69) is 22.2 Å². The summed E-state index contributed by atoms with van der Waals surface area (Å²) in [5.41, 5.74) is 0.952. The second-order valence-electron chi connectivity index (χ2n) is 3.93. The fourth-order valence-corrected chi connectivity index (χ4v) is 2.58. The first-order valence-corrected chi connectivity index (χ1v) is 6.54. The van der Waals surface area contributed by atoms with E-state index in [0.29, 0.717) is 18.5 Å². The number of aromatic nitrogens is 1. The van der Waals surface area contributed by atoms with Gasteiger partial charge >= 0.3 is 0 Å². The molecule has 1 aromatic heterocycles. The van der Waals surface area contributed by atoms with Crippen molar-refractivity contribution in [3.05, 3.63) is 17.3 Å². The van der Waals surface area contributed by atoms with E-state index in [1.807, 2.05) is 13.8 Å². The maximum absolute atomic E-state index is 5.47. The van der Waals surface area contributed by atoms with E-state index in [4.69, 9.17) is 4.42 Å². The van der Waals surface area contributed by atoms with Crippen molar-refractivity contribution in [3.8, 4) is 0 Å². The highest BCUT2D eigenvalue weighted by Gasteiger charge is 2.18. The van der Waals surface area contributed by atoms with E-state index >= 15 is 0 Å². The van der Waals surface area contributed by atoms with Crippen molar-refractivity contribution in [3.63, 3.8) is 0 Å². The molecule has 5 heteroatoms. The summed E-state index contributed by atoms with van der Waals surface area (Å²) in [6, 6.07) is 0.566. The van der Waals surface area contributed by atoms with Crippen LogP contribution in [0.2, 0.25) is 0 Å². The Balaban J connectivity index is 1.94. The Bertz CT molecular complexity index is 380. The number of hydrogen-bond acceptors (Lipinski definition) is 4. The fourth-order valence-electron chi connectivity index (χ4n) is 1.49. The fraction of sp³-hybridized carbons (Fsp3) is 0.636. The van der Waals surface area contributed by atoms with Crippen LogP contribution in [-0.2, 0) is 6.54 Å². The third kappa shape index (κ3) is 2.58. The highest BCUT2D eigenvalue weighted by molar-refractivity contribution is 8.14. The SMILES string of the molecule is CCC1CSC(=NCc2nc(C)c(C)o2)N1. The van der Waals surface area contributed by atoms with E-state index in [1.54, 1.807) is 11.8 Å². The van der Waals surface area contributed by atoms with Gasteiger partial charge in [-0.3, -0.25) is 4.99 Å². The molecule has 0 aliphatic carbocycles. The minimum atomic E-state index is 0.528. The van der Waals surface area contributed by atoms with Gasteiger partial charge in [0.05, 0.1) is 5.69 Å². The van der Waals surface area contributed by atoms with Crippen LogP contribution in [0, 0.1) is 13.8 Å². The number of hydrogen-bond donors (Lipinski definition) is 1. The third-order valence-electron chi connectivity index (χ3n) is 2.67. The third-order valence-corrected chi connectivity index (χ3v) is 3.76. The Labute approximate surface area is 99.9 Å². The molecule has 1 aromatic rings. The first kappa shape index (κ1) is 11.5. The second kappa shape index (κ2) is 4.91. The number of thioether (sulfide) groups is 1. The number of nitrogens with zero attached hydrogens (tertiary/aromatic N) is 2. The maximum atomic E-state index is 5.47. The van der Waals surface area contributed by atoms with Gasteiger partial charge in [-0.05, 0) is 20.3 Å². The van der Waals surface area contributed by atoms with E-state index in [0.717, 1.165) is 28.8 Å². The molecule has 0 saturated carbocycles. The van der Waals surface area contributed by atoms with Gasteiger partial charge in [-0.25, -0.2) is 4.98 Å². The molecule has 1 N–H and O–H groups in total. The number of nitrogens with one attached hydrogen (secondary N) is 1.